The minimum Gasteiger partial charge on any atom is -0.331 e. The van der Waals surface area contributed by atoms with E-state index in [-0.39, 0.29) is 0 Å². The molecule has 0 aliphatic carbocycles. The minimum absolute atomic E-state index is 0.703. The highest BCUT2D eigenvalue weighted by Crippen LogP contribution is 2.48. The average Bonchev–Trinajstić information content (AvgIpc) is 3.31. The van der Waals surface area contributed by atoms with Gasteiger partial charge in [0.2, 0.25) is 0 Å². The number of unbranched alkanes of at least 4 members (excludes halogenated alkanes) is 48. The van der Waals surface area contributed by atoms with Gasteiger partial charge in [0.1, 0.15) is 18.3 Å². The summed E-state index contributed by atoms with van der Waals surface area (Å²) in [6.45, 7) is 6.87. The summed E-state index contributed by atoms with van der Waals surface area (Å²) in [5, 5.41) is 0. The van der Waals surface area contributed by atoms with E-state index in [1.54, 1.807) is 0 Å². The predicted molar refractivity (Wildman–Crippen MR) is 287 cm³/mol. The van der Waals surface area contributed by atoms with Crippen LogP contribution in [0.3, 0.4) is 0 Å². The normalized spacial score (nSPS) is 11.1. The molecule has 0 aromatic rings. The van der Waals surface area contributed by atoms with Crippen LogP contribution in [0.1, 0.15) is 348 Å². The van der Waals surface area contributed by atoms with E-state index < -0.39 is 7.82 Å². The maximum atomic E-state index is 13.4. The first-order chi connectivity index (χ1) is 32.2. The molecule has 0 rings (SSSR count). The van der Waals surface area contributed by atoms with E-state index in [2.05, 4.69) is 56.9 Å². The van der Waals surface area contributed by atoms with Crippen LogP contribution in [0.4, 0.5) is 0 Å². The summed E-state index contributed by atoms with van der Waals surface area (Å²) >= 11 is 0. The lowest BCUT2D eigenvalue weighted by atomic mass is 10.0. The van der Waals surface area contributed by atoms with Gasteiger partial charge in [0.05, 0.1) is 0 Å². The molecular formula is C60H111O4P. The summed E-state index contributed by atoms with van der Waals surface area (Å²) < 4.78 is 29.5. The molecule has 0 saturated heterocycles. The Morgan fingerprint density at radius 2 is 0.369 bits per heavy atom. The second kappa shape index (κ2) is 56.6. The first-order valence-electron chi connectivity index (χ1n) is 29.3. The van der Waals surface area contributed by atoms with Crippen molar-refractivity contribution in [3.63, 3.8) is 0 Å². The molecule has 0 radical (unpaired) electrons. The summed E-state index contributed by atoms with van der Waals surface area (Å²) in [5.41, 5.74) is 0. The Bertz CT molecular complexity index is 1020. The van der Waals surface area contributed by atoms with E-state index >= 15 is 0 Å². The number of rotatable bonds is 51. The van der Waals surface area contributed by atoms with E-state index in [0.717, 1.165) is 38.5 Å². The first kappa shape index (κ1) is 63.3. The fraction of sp³-hybridized carbons (Fsp3) is 0.900. The van der Waals surface area contributed by atoms with Gasteiger partial charge in [-0.05, 0) is 19.3 Å². The monoisotopic (exact) mass is 927 g/mol. The lowest BCUT2D eigenvalue weighted by Crippen LogP contribution is -1.90. The van der Waals surface area contributed by atoms with E-state index in [1.807, 2.05) is 0 Å². The third-order valence-electron chi connectivity index (χ3n) is 13.2. The smallest absolute Gasteiger partial charge is 0.331 e. The maximum absolute atomic E-state index is 13.4. The third-order valence-corrected chi connectivity index (χ3v) is 14.1. The van der Waals surface area contributed by atoms with Crippen LogP contribution in [-0.4, -0.2) is 0 Å². The number of hydrogen-bond acceptors (Lipinski definition) is 4. The second-order valence-corrected chi connectivity index (χ2v) is 21.2. The van der Waals surface area contributed by atoms with Gasteiger partial charge in [-0.2, -0.15) is 4.57 Å². The zero-order valence-electron chi connectivity index (χ0n) is 44.1. The maximum Gasteiger partial charge on any atom is 0.673 e. The van der Waals surface area contributed by atoms with E-state index in [0.29, 0.717) is 19.3 Å². The lowest BCUT2D eigenvalue weighted by molar-refractivity contribution is 0.258. The van der Waals surface area contributed by atoms with Crippen LogP contribution in [0.25, 0.3) is 0 Å². The molecule has 0 bridgehead atoms. The molecule has 0 unspecified atom stereocenters. The molecule has 0 aromatic carbocycles. The summed E-state index contributed by atoms with van der Waals surface area (Å²) in [5.74, 6) is 9.04. The molecule has 0 aromatic heterocycles. The quantitative estimate of drug-likeness (QED) is 0.0346. The van der Waals surface area contributed by atoms with Crippen molar-refractivity contribution in [2.45, 2.75) is 348 Å². The van der Waals surface area contributed by atoms with Crippen LogP contribution in [0, 0.1) is 36.1 Å². The second-order valence-electron chi connectivity index (χ2n) is 19.7. The van der Waals surface area contributed by atoms with Gasteiger partial charge in [-0.15, -0.1) is 0 Å². The van der Waals surface area contributed by atoms with E-state index in [1.165, 1.54) is 270 Å². The van der Waals surface area contributed by atoms with Crippen molar-refractivity contribution in [1.82, 2.24) is 0 Å². The van der Waals surface area contributed by atoms with Gasteiger partial charge < -0.3 is 13.6 Å². The molecule has 380 valence electrons. The van der Waals surface area contributed by atoms with Crippen LogP contribution in [0.2, 0.25) is 0 Å². The molecule has 0 aliphatic heterocycles. The molecule has 0 N–H and O–H groups in total. The van der Waals surface area contributed by atoms with Crippen LogP contribution < -0.4 is 0 Å². The highest BCUT2D eigenvalue weighted by Gasteiger charge is 2.30. The highest BCUT2D eigenvalue weighted by atomic mass is 31.2. The van der Waals surface area contributed by atoms with Crippen LogP contribution >= 0.6 is 7.82 Å². The predicted octanol–water partition coefficient (Wildman–Crippen LogP) is 22.0. The Kier molecular flexibility index (Phi) is 55.2. The van der Waals surface area contributed by atoms with Crippen LogP contribution in [-0.2, 0) is 18.1 Å². The van der Waals surface area contributed by atoms with E-state index in [9.17, 15) is 4.57 Å². The summed E-state index contributed by atoms with van der Waals surface area (Å²) in [6.07, 6.45) is 74.4. The minimum atomic E-state index is -4.02. The van der Waals surface area contributed by atoms with Gasteiger partial charge in [0.25, 0.3) is 0 Å². The molecule has 5 heteroatoms. The average molecular weight is 928 g/mol. The van der Waals surface area contributed by atoms with E-state index in [4.69, 9.17) is 13.6 Å². The molecule has 0 amide bonds. The van der Waals surface area contributed by atoms with Crippen molar-refractivity contribution < 1.29 is 18.1 Å². The Morgan fingerprint density at radius 1 is 0.231 bits per heavy atom. The standard InChI is InChI=1S/C60H111O4P/c1-4-7-10-13-16-19-22-25-28-31-34-37-40-43-46-49-52-55-58-62-65(61,63-59-56-53-50-47-44-41-38-35-32-29-26-23-20-17-14-11-8-5-2)64-60-57-54-51-48-45-42-39-36-33-30-27-24-21-18-15-12-9-6-3/h4-54H2,1-3H3. The van der Waals surface area contributed by atoms with Crippen molar-refractivity contribution in [2.24, 2.45) is 0 Å². The molecule has 0 fully saturated rings. The fourth-order valence-electron chi connectivity index (χ4n) is 8.76. The van der Waals surface area contributed by atoms with Crippen molar-refractivity contribution in [3.8, 4) is 36.1 Å². The Balaban J connectivity index is 4.32. The van der Waals surface area contributed by atoms with Crippen LogP contribution in [0.15, 0.2) is 0 Å². The number of hydrogen-bond donors (Lipinski definition) is 0. The molecule has 0 atom stereocenters. The van der Waals surface area contributed by atoms with Crippen molar-refractivity contribution in [1.29, 1.82) is 0 Å². The topological polar surface area (TPSA) is 44.8 Å². The summed E-state index contributed by atoms with van der Waals surface area (Å²) in [7, 11) is -4.02. The fourth-order valence-corrected chi connectivity index (χ4v) is 9.40. The van der Waals surface area contributed by atoms with Gasteiger partial charge in [-0.25, -0.2) is 0 Å². The molecule has 65 heavy (non-hydrogen) atoms. The summed E-state index contributed by atoms with van der Waals surface area (Å²) in [4.78, 5) is 0. The molecule has 0 saturated carbocycles. The molecule has 0 heterocycles. The Hall–Kier alpha value is -1.69. The molecule has 0 aliphatic rings. The van der Waals surface area contributed by atoms with Gasteiger partial charge >= 0.3 is 7.82 Å². The van der Waals surface area contributed by atoms with Crippen molar-refractivity contribution >= 4 is 7.82 Å². The van der Waals surface area contributed by atoms with Crippen LogP contribution in [0.5, 0.6) is 0 Å². The number of phosphoric ester groups is 1. The zero-order chi connectivity index (χ0) is 46.9. The lowest BCUT2D eigenvalue weighted by Gasteiger charge is -2.07. The zero-order valence-corrected chi connectivity index (χ0v) is 45.0. The Morgan fingerprint density at radius 3 is 0.523 bits per heavy atom. The molecular weight excluding hydrogens is 816 g/mol. The van der Waals surface area contributed by atoms with Crippen molar-refractivity contribution in [3.05, 3.63) is 0 Å². The first-order valence-corrected chi connectivity index (χ1v) is 30.7. The van der Waals surface area contributed by atoms with Gasteiger partial charge in [-0.1, -0.05) is 327 Å². The van der Waals surface area contributed by atoms with Gasteiger partial charge in [-0.3, -0.25) is 0 Å². The molecule has 0 spiro atoms. The summed E-state index contributed by atoms with van der Waals surface area (Å²) in [6, 6.07) is 0. The third kappa shape index (κ3) is 54.8. The van der Waals surface area contributed by atoms with Crippen molar-refractivity contribution in [2.75, 3.05) is 0 Å². The van der Waals surface area contributed by atoms with Gasteiger partial charge in [0.15, 0.2) is 0 Å². The SMILES string of the molecule is CCCCCCCCCCCCCCCCCCC#COP(=O)(OC#CCCCCCCCCCCCCCCCCCC)OC#CCCCCCCCCCCCCCCCCCC. The van der Waals surface area contributed by atoms with Gasteiger partial charge in [0, 0.05) is 19.3 Å². The number of phosphoric acid groups is 1. The highest BCUT2D eigenvalue weighted by molar-refractivity contribution is 7.49. The Labute approximate surface area is 408 Å². The largest absolute Gasteiger partial charge is 0.673 e. The molecule has 4 nitrogen and oxygen atoms in total.